The van der Waals surface area contributed by atoms with E-state index in [1.165, 1.54) is 18.6 Å². The summed E-state index contributed by atoms with van der Waals surface area (Å²) in [4.78, 5) is 7.31. The molecule has 0 aromatic carbocycles. The summed E-state index contributed by atoms with van der Waals surface area (Å²) in [6.45, 7) is 0.603. The molecule has 0 aliphatic heterocycles. The van der Waals surface area contributed by atoms with Gasteiger partial charge in [-0.2, -0.15) is 9.37 Å². The first-order valence-electron chi connectivity index (χ1n) is 4.45. The van der Waals surface area contributed by atoms with Crippen molar-refractivity contribution in [2.75, 3.05) is 11.9 Å². The van der Waals surface area contributed by atoms with E-state index in [9.17, 15) is 4.39 Å². The second-order valence-corrected chi connectivity index (χ2v) is 2.88. The average molecular weight is 208 g/mol. The molecule has 6 heteroatoms. The number of aromatic nitrogens is 3. The number of halogens is 1. The van der Waals surface area contributed by atoms with Gasteiger partial charge in [0.05, 0.1) is 0 Å². The normalized spacial score (nSPS) is 10.2. The highest BCUT2D eigenvalue weighted by atomic mass is 19.1. The van der Waals surface area contributed by atoms with Crippen LogP contribution in [0.3, 0.4) is 0 Å². The fourth-order valence-electron chi connectivity index (χ4n) is 1.13. The van der Waals surface area contributed by atoms with Crippen molar-refractivity contribution in [1.82, 2.24) is 15.1 Å². The molecule has 0 atom stereocenters. The highest BCUT2D eigenvalue weighted by Gasteiger charge is 1.99. The van der Waals surface area contributed by atoms with Gasteiger partial charge in [-0.15, -0.1) is 0 Å². The van der Waals surface area contributed by atoms with Crippen LogP contribution in [-0.2, 0) is 6.42 Å². The van der Waals surface area contributed by atoms with Gasteiger partial charge in [0.2, 0.25) is 11.8 Å². The molecule has 0 aliphatic carbocycles. The zero-order chi connectivity index (χ0) is 10.5. The Morgan fingerprint density at radius 3 is 3.07 bits per heavy atom. The molecular weight excluding hydrogens is 199 g/mol. The summed E-state index contributed by atoms with van der Waals surface area (Å²) >= 11 is 0. The molecular formula is C9H9FN4O. The summed E-state index contributed by atoms with van der Waals surface area (Å²) in [6.07, 6.45) is 3.36. The summed E-state index contributed by atoms with van der Waals surface area (Å²) in [5.74, 6) is 0.0508. The molecule has 0 unspecified atom stereocenters. The molecule has 0 amide bonds. The van der Waals surface area contributed by atoms with Crippen molar-refractivity contribution < 1.29 is 8.91 Å². The van der Waals surface area contributed by atoms with Gasteiger partial charge in [0.25, 0.3) is 0 Å². The molecule has 0 aliphatic rings. The first-order chi connectivity index (χ1) is 7.34. The van der Waals surface area contributed by atoms with E-state index in [2.05, 4.69) is 20.4 Å². The summed E-state index contributed by atoms with van der Waals surface area (Å²) in [6, 6.07) is 3.02. The van der Waals surface area contributed by atoms with Gasteiger partial charge < -0.3 is 9.84 Å². The van der Waals surface area contributed by atoms with Gasteiger partial charge in [-0.3, -0.25) is 0 Å². The SMILES string of the molecule is Fc1cc(NCCc2ncno2)ccn1. The summed E-state index contributed by atoms with van der Waals surface area (Å²) in [5, 5.41) is 6.49. The van der Waals surface area contributed by atoms with Crippen LogP contribution in [0.15, 0.2) is 29.2 Å². The van der Waals surface area contributed by atoms with E-state index in [4.69, 9.17) is 4.52 Å². The number of hydrogen-bond donors (Lipinski definition) is 1. The van der Waals surface area contributed by atoms with Gasteiger partial charge >= 0.3 is 0 Å². The van der Waals surface area contributed by atoms with Crippen molar-refractivity contribution in [1.29, 1.82) is 0 Å². The zero-order valence-electron chi connectivity index (χ0n) is 7.85. The molecule has 5 nitrogen and oxygen atoms in total. The van der Waals surface area contributed by atoms with Crippen molar-refractivity contribution in [3.05, 3.63) is 36.5 Å². The van der Waals surface area contributed by atoms with Crippen LogP contribution in [0, 0.1) is 5.95 Å². The monoisotopic (exact) mass is 208 g/mol. The van der Waals surface area contributed by atoms with E-state index in [-0.39, 0.29) is 0 Å². The maximum Gasteiger partial charge on any atom is 0.228 e. The van der Waals surface area contributed by atoms with Crippen LogP contribution in [-0.4, -0.2) is 21.7 Å². The Labute approximate surface area is 85.3 Å². The quantitative estimate of drug-likeness (QED) is 0.766. The maximum absolute atomic E-state index is 12.7. The molecule has 0 radical (unpaired) electrons. The average Bonchev–Trinajstić information content (AvgIpc) is 2.71. The van der Waals surface area contributed by atoms with E-state index in [0.717, 1.165) is 0 Å². The van der Waals surface area contributed by atoms with Crippen molar-refractivity contribution in [3.8, 4) is 0 Å². The lowest BCUT2D eigenvalue weighted by atomic mass is 10.3. The molecule has 2 aromatic heterocycles. The zero-order valence-corrected chi connectivity index (χ0v) is 7.85. The van der Waals surface area contributed by atoms with Gasteiger partial charge in [0.15, 0.2) is 6.33 Å². The van der Waals surface area contributed by atoms with E-state index in [1.54, 1.807) is 6.07 Å². The minimum Gasteiger partial charge on any atom is -0.384 e. The van der Waals surface area contributed by atoms with Crippen molar-refractivity contribution in [2.24, 2.45) is 0 Å². The van der Waals surface area contributed by atoms with Crippen molar-refractivity contribution in [2.45, 2.75) is 6.42 Å². The number of rotatable bonds is 4. The molecule has 0 spiro atoms. The number of nitrogens with one attached hydrogen (secondary N) is 1. The largest absolute Gasteiger partial charge is 0.384 e. The van der Waals surface area contributed by atoms with Crippen molar-refractivity contribution in [3.63, 3.8) is 0 Å². The van der Waals surface area contributed by atoms with E-state index >= 15 is 0 Å². The van der Waals surface area contributed by atoms with Crippen LogP contribution >= 0.6 is 0 Å². The van der Waals surface area contributed by atoms with Crippen LogP contribution in [0.1, 0.15) is 5.89 Å². The Bertz CT molecular complexity index is 418. The standard InChI is InChI=1S/C9H9FN4O/c10-8-5-7(1-3-12-8)11-4-2-9-13-6-14-15-9/h1,3,5-6H,2,4H2,(H,11,12). The third-order valence-corrected chi connectivity index (χ3v) is 1.80. The Morgan fingerprint density at radius 1 is 1.40 bits per heavy atom. The van der Waals surface area contributed by atoms with Crippen LogP contribution in [0.2, 0.25) is 0 Å². The third kappa shape index (κ3) is 2.73. The maximum atomic E-state index is 12.7. The topological polar surface area (TPSA) is 63.8 Å². The lowest BCUT2D eigenvalue weighted by Crippen LogP contribution is -2.05. The van der Waals surface area contributed by atoms with E-state index < -0.39 is 5.95 Å². The first kappa shape index (κ1) is 9.57. The van der Waals surface area contributed by atoms with Crippen LogP contribution in [0.25, 0.3) is 0 Å². The van der Waals surface area contributed by atoms with Gasteiger partial charge in [0, 0.05) is 30.9 Å². The number of pyridine rings is 1. The van der Waals surface area contributed by atoms with Crippen LogP contribution in [0.4, 0.5) is 10.1 Å². The Hall–Kier alpha value is -1.98. The highest BCUT2D eigenvalue weighted by Crippen LogP contribution is 2.06. The molecule has 0 saturated heterocycles. The lowest BCUT2D eigenvalue weighted by Gasteiger charge is -2.03. The second kappa shape index (κ2) is 4.50. The van der Waals surface area contributed by atoms with E-state index in [1.807, 2.05) is 0 Å². The van der Waals surface area contributed by atoms with Crippen LogP contribution in [0.5, 0.6) is 0 Å². The fraction of sp³-hybridized carbons (Fsp3) is 0.222. The number of hydrogen-bond acceptors (Lipinski definition) is 5. The Kier molecular flexibility index (Phi) is 2.87. The molecule has 0 saturated carbocycles. The lowest BCUT2D eigenvalue weighted by molar-refractivity contribution is 0.380. The molecule has 78 valence electrons. The Balaban J connectivity index is 1.83. The number of nitrogens with zero attached hydrogens (tertiary/aromatic N) is 3. The molecule has 15 heavy (non-hydrogen) atoms. The van der Waals surface area contributed by atoms with Gasteiger partial charge in [0.1, 0.15) is 0 Å². The summed E-state index contributed by atoms with van der Waals surface area (Å²) in [7, 11) is 0. The van der Waals surface area contributed by atoms with E-state index in [0.29, 0.717) is 24.5 Å². The van der Waals surface area contributed by atoms with Crippen LogP contribution < -0.4 is 5.32 Å². The molecule has 0 bridgehead atoms. The fourth-order valence-corrected chi connectivity index (χ4v) is 1.13. The minimum atomic E-state index is -0.502. The first-order valence-corrected chi connectivity index (χ1v) is 4.45. The Morgan fingerprint density at radius 2 is 2.33 bits per heavy atom. The highest BCUT2D eigenvalue weighted by molar-refractivity contribution is 5.41. The predicted molar refractivity (Wildman–Crippen MR) is 50.7 cm³/mol. The molecule has 2 aromatic rings. The minimum absolute atomic E-state index is 0.502. The predicted octanol–water partition coefficient (Wildman–Crippen LogP) is 1.26. The van der Waals surface area contributed by atoms with Gasteiger partial charge in [-0.05, 0) is 6.07 Å². The third-order valence-electron chi connectivity index (χ3n) is 1.80. The summed E-state index contributed by atoms with van der Waals surface area (Å²) in [5.41, 5.74) is 0.682. The van der Waals surface area contributed by atoms with Crippen molar-refractivity contribution >= 4 is 5.69 Å². The molecule has 2 rings (SSSR count). The van der Waals surface area contributed by atoms with Gasteiger partial charge in [-0.25, -0.2) is 4.98 Å². The van der Waals surface area contributed by atoms with Gasteiger partial charge in [-0.1, -0.05) is 5.16 Å². The molecule has 0 fully saturated rings. The second-order valence-electron chi connectivity index (χ2n) is 2.88. The summed E-state index contributed by atoms with van der Waals surface area (Å²) < 4.78 is 17.5. The molecule has 1 N–H and O–H groups in total. The smallest absolute Gasteiger partial charge is 0.228 e. The number of anilines is 1. The molecule has 2 heterocycles.